The molecule has 0 atom stereocenters. The van der Waals surface area contributed by atoms with Crippen molar-refractivity contribution in [2.24, 2.45) is 0 Å². The summed E-state index contributed by atoms with van der Waals surface area (Å²) in [5, 5.41) is 1.93. The minimum atomic E-state index is -4.80. The summed E-state index contributed by atoms with van der Waals surface area (Å²) in [6, 6.07) is 8.69. The lowest BCUT2D eigenvalue weighted by molar-refractivity contribution is -0.128. The number of hydrogen-bond acceptors (Lipinski definition) is 3. The van der Waals surface area contributed by atoms with Crippen LogP contribution in [0, 0.1) is 0 Å². The molecule has 1 amide bonds. The normalized spacial score (nSPS) is 10.8. The summed E-state index contributed by atoms with van der Waals surface area (Å²) in [5.41, 5.74) is -0.797. The van der Waals surface area contributed by atoms with Gasteiger partial charge in [0.05, 0.1) is 12.1 Å². The predicted molar refractivity (Wildman–Crippen MR) is 64.8 cm³/mol. The maximum atomic E-state index is 12.1. The van der Waals surface area contributed by atoms with Gasteiger partial charge in [0.2, 0.25) is 0 Å². The highest BCUT2D eigenvalue weighted by molar-refractivity contribution is 5.98. The summed E-state index contributed by atoms with van der Waals surface area (Å²) in [6.07, 6.45) is -5.77. The van der Waals surface area contributed by atoms with Crippen molar-refractivity contribution in [3.05, 3.63) is 48.0 Å². The van der Waals surface area contributed by atoms with E-state index in [1.54, 1.807) is 30.3 Å². The maximum Gasteiger partial charge on any atom is 0.419 e. The number of benzene rings is 1. The summed E-state index contributed by atoms with van der Waals surface area (Å²) in [7, 11) is 0. The Hall–Kier alpha value is -2.31. The number of ether oxygens (including phenoxy) is 1. The van der Waals surface area contributed by atoms with Crippen LogP contribution >= 0.6 is 0 Å². The monoisotopic (exact) mass is 287 g/mol. The average Bonchev–Trinajstić information content (AvgIpc) is 2.41. The van der Waals surface area contributed by atoms with E-state index in [2.05, 4.69) is 6.58 Å². The second-order valence-corrected chi connectivity index (χ2v) is 3.81. The lowest BCUT2D eigenvalue weighted by Crippen LogP contribution is -2.33. The van der Waals surface area contributed by atoms with Gasteiger partial charge in [0.25, 0.3) is 0 Å². The summed E-state index contributed by atoms with van der Waals surface area (Å²) in [6.45, 7) is 1.78. The summed E-state index contributed by atoms with van der Waals surface area (Å²) in [5.74, 6) is -1.31. The molecule has 20 heavy (non-hydrogen) atoms. The second-order valence-electron chi connectivity index (χ2n) is 3.81. The molecule has 0 heterocycles. The number of alkyl halides is 3. The topological polar surface area (TPSA) is 55.4 Å². The molecule has 0 aliphatic carbocycles. The lowest BCUT2D eigenvalue weighted by Gasteiger charge is -2.10. The zero-order valence-electron chi connectivity index (χ0n) is 10.4. The number of carbonyl (C=O) groups is 2. The molecule has 108 valence electrons. The second kappa shape index (κ2) is 6.74. The molecular weight excluding hydrogens is 275 g/mol. The first kappa shape index (κ1) is 15.7. The number of nitrogens with one attached hydrogen (secondary N) is 1. The zero-order chi connectivity index (χ0) is 15.2. The molecule has 1 rings (SSSR count). The first-order valence-electron chi connectivity index (χ1n) is 5.54. The molecule has 0 saturated heterocycles. The average molecular weight is 287 g/mol. The molecule has 0 unspecified atom stereocenters. The third kappa shape index (κ3) is 5.13. The fourth-order valence-electron chi connectivity index (χ4n) is 1.19. The first-order chi connectivity index (χ1) is 9.30. The number of amides is 1. The Labute approximate surface area is 113 Å². The van der Waals surface area contributed by atoms with Crippen molar-refractivity contribution in [1.29, 1.82) is 0 Å². The van der Waals surface area contributed by atoms with E-state index in [1.807, 2.05) is 5.32 Å². The first-order valence-corrected chi connectivity index (χ1v) is 5.54. The van der Waals surface area contributed by atoms with E-state index in [0.717, 1.165) is 0 Å². The van der Waals surface area contributed by atoms with Crippen molar-refractivity contribution >= 4 is 11.9 Å². The highest BCUT2D eigenvalue weighted by Gasteiger charge is 2.36. The number of alkyl carbamates (subject to hydrolysis) is 1. The van der Waals surface area contributed by atoms with Crippen LogP contribution in [-0.4, -0.2) is 24.6 Å². The zero-order valence-corrected chi connectivity index (χ0v) is 10.4. The number of Topliss-reactive ketones (excluding diaryl/α,β-unsaturated/α-hetero) is 1. The molecular formula is C13H12F3NO3. The van der Waals surface area contributed by atoms with E-state index < -0.39 is 30.2 Å². The van der Waals surface area contributed by atoms with Gasteiger partial charge in [-0.1, -0.05) is 36.9 Å². The van der Waals surface area contributed by atoms with E-state index in [0.29, 0.717) is 5.56 Å². The van der Waals surface area contributed by atoms with E-state index in [-0.39, 0.29) is 6.61 Å². The standard InChI is InChI=1S/C13H12F3NO3/c1-9(13(14,15)16)11(18)7-17-12(19)20-8-10-5-3-2-4-6-10/h2-6H,1,7-8H2,(H,17,19). The molecule has 4 nitrogen and oxygen atoms in total. The van der Waals surface area contributed by atoms with Crippen LogP contribution in [0.3, 0.4) is 0 Å². The molecule has 0 fully saturated rings. The number of hydrogen-bond donors (Lipinski definition) is 1. The van der Waals surface area contributed by atoms with Crippen LogP contribution in [0.5, 0.6) is 0 Å². The van der Waals surface area contributed by atoms with Gasteiger partial charge in [-0.25, -0.2) is 4.79 Å². The molecule has 0 radical (unpaired) electrons. The molecule has 1 aromatic rings. The van der Waals surface area contributed by atoms with Crippen molar-refractivity contribution in [2.45, 2.75) is 12.8 Å². The van der Waals surface area contributed by atoms with Crippen LogP contribution in [0.25, 0.3) is 0 Å². The fraction of sp³-hybridized carbons (Fsp3) is 0.231. The van der Waals surface area contributed by atoms with Crippen LogP contribution in [0.2, 0.25) is 0 Å². The predicted octanol–water partition coefficient (Wildman–Crippen LogP) is 2.60. The molecule has 0 aliphatic heterocycles. The number of halogens is 3. The van der Waals surface area contributed by atoms with Gasteiger partial charge in [0, 0.05) is 0 Å². The molecule has 7 heteroatoms. The minimum Gasteiger partial charge on any atom is -0.445 e. The summed E-state index contributed by atoms with van der Waals surface area (Å²) >= 11 is 0. The molecule has 0 spiro atoms. The highest BCUT2D eigenvalue weighted by atomic mass is 19.4. The quantitative estimate of drug-likeness (QED) is 0.847. The van der Waals surface area contributed by atoms with Gasteiger partial charge in [0.15, 0.2) is 5.78 Å². The Morgan fingerprint density at radius 3 is 2.35 bits per heavy atom. The van der Waals surface area contributed by atoms with Gasteiger partial charge >= 0.3 is 12.3 Å². The van der Waals surface area contributed by atoms with Crippen molar-refractivity contribution in [1.82, 2.24) is 5.32 Å². The third-order valence-corrected chi connectivity index (χ3v) is 2.28. The number of ketones is 1. The molecule has 1 N–H and O–H groups in total. The van der Waals surface area contributed by atoms with Crippen molar-refractivity contribution < 1.29 is 27.5 Å². The maximum absolute atomic E-state index is 12.1. The van der Waals surface area contributed by atoms with E-state index >= 15 is 0 Å². The Bertz CT molecular complexity index is 497. The van der Waals surface area contributed by atoms with E-state index in [9.17, 15) is 22.8 Å². The largest absolute Gasteiger partial charge is 0.445 e. The number of carbonyl (C=O) groups excluding carboxylic acids is 2. The Balaban J connectivity index is 2.34. The van der Waals surface area contributed by atoms with Gasteiger partial charge in [-0.2, -0.15) is 13.2 Å². The van der Waals surface area contributed by atoms with Gasteiger partial charge < -0.3 is 10.1 Å². The highest BCUT2D eigenvalue weighted by Crippen LogP contribution is 2.24. The van der Waals surface area contributed by atoms with E-state index in [1.165, 1.54) is 0 Å². The van der Waals surface area contributed by atoms with E-state index in [4.69, 9.17) is 4.74 Å². The summed E-state index contributed by atoms with van der Waals surface area (Å²) < 4.78 is 41.1. The van der Waals surface area contributed by atoms with Crippen LogP contribution < -0.4 is 5.32 Å². The molecule has 0 bridgehead atoms. The summed E-state index contributed by atoms with van der Waals surface area (Å²) in [4.78, 5) is 22.3. The Kier molecular flexibility index (Phi) is 5.31. The fourth-order valence-corrected chi connectivity index (χ4v) is 1.19. The van der Waals surface area contributed by atoms with Crippen molar-refractivity contribution in [2.75, 3.05) is 6.54 Å². The lowest BCUT2D eigenvalue weighted by atomic mass is 10.2. The Morgan fingerprint density at radius 2 is 1.80 bits per heavy atom. The number of rotatable bonds is 5. The molecule has 0 saturated carbocycles. The van der Waals surface area contributed by atoms with Crippen LogP contribution in [0.1, 0.15) is 5.56 Å². The van der Waals surface area contributed by atoms with Crippen LogP contribution in [0.4, 0.5) is 18.0 Å². The van der Waals surface area contributed by atoms with Gasteiger partial charge in [-0.3, -0.25) is 4.79 Å². The van der Waals surface area contributed by atoms with Crippen molar-refractivity contribution in [3.63, 3.8) is 0 Å². The molecule has 1 aromatic carbocycles. The van der Waals surface area contributed by atoms with Crippen molar-refractivity contribution in [3.8, 4) is 0 Å². The smallest absolute Gasteiger partial charge is 0.419 e. The molecule has 0 aliphatic rings. The van der Waals surface area contributed by atoms with Crippen LogP contribution in [0.15, 0.2) is 42.5 Å². The SMILES string of the molecule is C=C(C(=O)CNC(=O)OCc1ccccc1)C(F)(F)F. The van der Waals surface area contributed by atoms with Gasteiger partial charge in [0.1, 0.15) is 6.61 Å². The van der Waals surface area contributed by atoms with Crippen LogP contribution in [-0.2, 0) is 16.1 Å². The minimum absolute atomic E-state index is 0.0406. The third-order valence-electron chi connectivity index (χ3n) is 2.28. The Morgan fingerprint density at radius 1 is 1.20 bits per heavy atom. The molecule has 0 aromatic heterocycles. The van der Waals surface area contributed by atoms with Gasteiger partial charge in [-0.15, -0.1) is 0 Å². The van der Waals surface area contributed by atoms with Gasteiger partial charge in [-0.05, 0) is 5.56 Å².